The normalized spacial score (nSPS) is 21.1. The van der Waals surface area contributed by atoms with Crippen molar-refractivity contribution in [3.63, 3.8) is 0 Å². The molecule has 23 heavy (non-hydrogen) atoms. The number of aliphatic hydroxyl groups excluding tert-OH is 1. The van der Waals surface area contributed by atoms with E-state index < -0.39 is 0 Å². The number of hydrogen-bond donors (Lipinski definition) is 2. The SMILES string of the molecule is O=C(NC1CCC(CO)CC1)c1occc1-c1ccc(F)cc1. The molecule has 0 bridgehead atoms. The lowest BCUT2D eigenvalue weighted by atomic mass is 9.86. The monoisotopic (exact) mass is 317 g/mol. The zero-order valence-corrected chi connectivity index (χ0v) is 12.8. The molecule has 1 heterocycles. The third kappa shape index (κ3) is 3.62. The van der Waals surface area contributed by atoms with Crippen molar-refractivity contribution in [2.75, 3.05) is 6.61 Å². The summed E-state index contributed by atoms with van der Waals surface area (Å²) in [5.74, 6) is 0.0353. The summed E-state index contributed by atoms with van der Waals surface area (Å²) in [7, 11) is 0. The predicted octanol–water partition coefficient (Wildman–Crippen LogP) is 3.37. The minimum Gasteiger partial charge on any atom is -0.459 e. The van der Waals surface area contributed by atoms with Gasteiger partial charge < -0.3 is 14.8 Å². The largest absolute Gasteiger partial charge is 0.459 e. The van der Waals surface area contributed by atoms with Crippen molar-refractivity contribution in [1.29, 1.82) is 0 Å². The van der Waals surface area contributed by atoms with Gasteiger partial charge in [-0.2, -0.15) is 0 Å². The van der Waals surface area contributed by atoms with E-state index in [9.17, 15) is 9.18 Å². The molecule has 4 nitrogen and oxygen atoms in total. The van der Waals surface area contributed by atoms with Crippen LogP contribution >= 0.6 is 0 Å². The van der Waals surface area contributed by atoms with Crippen molar-refractivity contribution in [2.45, 2.75) is 31.7 Å². The average Bonchev–Trinajstić information content (AvgIpc) is 3.06. The van der Waals surface area contributed by atoms with Crippen LogP contribution in [0.4, 0.5) is 4.39 Å². The van der Waals surface area contributed by atoms with Crippen LogP contribution in [0.25, 0.3) is 11.1 Å². The van der Waals surface area contributed by atoms with E-state index in [-0.39, 0.29) is 30.1 Å². The Balaban J connectivity index is 1.69. The van der Waals surface area contributed by atoms with Crippen LogP contribution < -0.4 is 5.32 Å². The topological polar surface area (TPSA) is 62.5 Å². The molecule has 1 aromatic carbocycles. The molecule has 5 heteroatoms. The van der Waals surface area contributed by atoms with Crippen molar-refractivity contribution in [2.24, 2.45) is 5.92 Å². The Labute approximate surface area is 134 Å². The van der Waals surface area contributed by atoms with E-state index >= 15 is 0 Å². The Hall–Kier alpha value is -2.14. The van der Waals surface area contributed by atoms with Gasteiger partial charge in [-0.1, -0.05) is 12.1 Å². The number of amides is 1. The van der Waals surface area contributed by atoms with Gasteiger partial charge in [-0.05, 0) is 55.4 Å². The quantitative estimate of drug-likeness (QED) is 0.909. The molecule has 1 amide bonds. The Morgan fingerprint density at radius 2 is 1.87 bits per heavy atom. The zero-order valence-electron chi connectivity index (χ0n) is 12.8. The first-order valence-corrected chi connectivity index (χ1v) is 7.92. The van der Waals surface area contributed by atoms with Crippen LogP contribution in [0.5, 0.6) is 0 Å². The molecule has 0 radical (unpaired) electrons. The Morgan fingerprint density at radius 3 is 2.52 bits per heavy atom. The van der Waals surface area contributed by atoms with Crippen LogP contribution in [0.3, 0.4) is 0 Å². The first-order chi connectivity index (χ1) is 11.2. The van der Waals surface area contributed by atoms with Crippen LogP contribution in [0, 0.1) is 11.7 Å². The number of halogens is 1. The van der Waals surface area contributed by atoms with E-state index in [2.05, 4.69) is 5.32 Å². The van der Waals surface area contributed by atoms with Crippen molar-refractivity contribution < 1.29 is 18.7 Å². The maximum absolute atomic E-state index is 13.0. The first-order valence-electron chi connectivity index (χ1n) is 7.92. The predicted molar refractivity (Wildman–Crippen MR) is 84.4 cm³/mol. The lowest BCUT2D eigenvalue weighted by Gasteiger charge is -2.27. The van der Waals surface area contributed by atoms with Gasteiger partial charge in [-0.3, -0.25) is 4.79 Å². The number of hydrogen-bond acceptors (Lipinski definition) is 3. The molecule has 1 aliphatic carbocycles. The number of aliphatic hydroxyl groups is 1. The molecule has 0 spiro atoms. The van der Waals surface area contributed by atoms with Gasteiger partial charge in [0.05, 0.1) is 6.26 Å². The van der Waals surface area contributed by atoms with E-state index in [0.29, 0.717) is 11.5 Å². The summed E-state index contributed by atoms with van der Waals surface area (Å²) in [5.41, 5.74) is 1.40. The van der Waals surface area contributed by atoms with Crippen molar-refractivity contribution >= 4 is 5.91 Å². The van der Waals surface area contributed by atoms with Gasteiger partial charge in [-0.15, -0.1) is 0 Å². The minimum absolute atomic E-state index is 0.108. The fourth-order valence-electron chi connectivity index (χ4n) is 3.08. The van der Waals surface area contributed by atoms with Crippen LogP contribution in [0.15, 0.2) is 41.0 Å². The number of carbonyl (C=O) groups is 1. The van der Waals surface area contributed by atoms with Gasteiger partial charge in [-0.25, -0.2) is 4.39 Å². The molecule has 2 N–H and O–H groups in total. The highest BCUT2D eigenvalue weighted by molar-refractivity contribution is 5.98. The number of carbonyl (C=O) groups excluding carboxylic acids is 1. The third-order valence-electron chi connectivity index (χ3n) is 4.47. The molecular weight excluding hydrogens is 297 g/mol. The van der Waals surface area contributed by atoms with Crippen LogP contribution in [0.2, 0.25) is 0 Å². The first kappa shape index (κ1) is 15.7. The highest BCUT2D eigenvalue weighted by Gasteiger charge is 2.24. The Kier molecular flexibility index (Phi) is 4.76. The summed E-state index contributed by atoms with van der Waals surface area (Å²) in [4.78, 5) is 12.5. The van der Waals surface area contributed by atoms with E-state index in [1.54, 1.807) is 18.2 Å². The molecule has 1 saturated carbocycles. The molecule has 1 aliphatic rings. The maximum Gasteiger partial charge on any atom is 0.287 e. The lowest BCUT2D eigenvalue weighted by Crippen LogP contribution is -2.38. The number of nitrogens with one attached hydrogen (secondary N) is 1. The molecule has 0 aliphatic heterocycles. The molecule has 1 fully saturated rings. The fraction of sp³-hybridized carbons (Fsp3) is 0.389. The summed E-state index contributed by atoms with van der Waals surface area (Å²) in [6.45, 7) is 0.216. The minimum atomic E-state index is -0.316. The van der Waals surface area contributed by atoms with Gasteiger partial charge in [0.2, 0.25) is 0 Å². The van der Waals surface area contributed by atoms with E-state index in [1.807, 2.05) is 0 Å². The number of rotatable bonds is 4. The van der Waals surface area contributed by atoms with Crippen LogP contribution in [-0.4, -0.2) is 23.7 Å². The maximum atomic E-state index is 13.0. The molecule has 0 unspecified atom stereocenters. The van der Waals surface area contributed by atoms with Gasteiger partial charge >= 0.3 is 0 Å². The average molecular weight is 317 g/mol. The Morgan fingerprint density at radius 1 is 1.17 bits per heavy atom. The highest BCUT2D eigenvalue weighted by Crippen LogP contribution is 2.27. The van der Waals surface area contributed by atoms with E-state index in [4.69, 9.17) is 9.52 Å². The second kappa shape index (κ2) is 6.96. The van der Waals surface area contributed by atoms with E-state index in [1.165, 1.54) is 18.4 Å². The molecule has 1 aromatic heterocycles. The summed E-state index contributed by atoms with van der Waals surface area (Å²) in [5, 5.41) is 12.2. The van der Waals surface area contributed by atoms with E-state index in [0.717, 1.165) is 31.2 Å². The number of furan rings is 1. The van der Waals surface area contributed by atoms with Gasteiger partial charge in [0, 0.05) is 18.2 Å². The molecular formula is C18H20FNO3. The van der Waals surface area contributed by atoms with Crippen LogP contribution in [0.1, 0.15) is 36.2 Å². The number of benzene rings is 1. The smallest absolute Gasteiger partial charge is 0.287 e. The third-order valence-corrected chi connectivity index (χ3v) is 4.47. The molecule has 0 saturated heterocycles. The lowest BCUT2D eigenvalue weighted by molar-refractivity contribution is 0.0887. The summed E-state index contributed by atoms with van der Waals surface area (Å²) >= 11 is 0. The highest BCUT2D eigenvalue weighted by atomic mass is 19.1. The Bertz CT molecular complexity index is 657. The second-order valence-corrected chi connectivity index (χ2v) is 6.04. The second-order valence-electron chi connectivity index (χ2n) is 6.04. The van der Waals surface area contributed by atoms with Crippen molar-refractivity contribution in [1.82, 2.24) is 5.32 Å². The fourth-order valence-corrected chi connectivity index (χ4v) is 3.08. The molecule has 2 aromatic rings. The summed E-state index contributed by atoms with van der Waals surface area (Å²) in [6.07, 6.45) is 5.04. The van der Waals surface area contributed by atoms with Gasteiger partial charge in [0.25, 0.3) is 5.91 Å². The zero-order chi connectivity index (χ0) is 16.2. The molecule has 3 rings (SSSR count). The van der Waals surface area contributed by atoms with Crippen molar-refractivity contribution in [3.8, 4) is 11.1 Å². The molecule has 0 atom stereocenters. The van der Waals surface area contributed by atoms with Crippen molar-refractivity contribution in [3.05, 3.63) is 48.2 Å². The summed E-state index contributed by atoms with van der Waals surface area (Å²) in [6, 6.07) is 7.80. The van der Waals surface area contributed by atoms with Gasteiger partial charge in [0.1, 0.15) is 5.82 Å². The molecule has 122 valence electrons. The van der Waals surface area contributed by atoms with Crippen LogP contribution in [-0.2, 0) is 0 Å². The summed E-state index contributed by atoms with van der Waals surface area (Å²) < 4.78 is 18.4. The standard InChI is InChI=1S/C18H20FNO3/c19-14-5-3-13(4-6-14)16-9-10-23-17(16)18(22)20-15-7-1-12(11-21)2-8-15/h3-6,9-10,12,15,21H,1-2,7-8,11H2,(H,20,22). The van der Waals surface area contributed by atoms with Gasteiger partial charge in [0.15, 0.2) is 5.76 Å².